The first-order chi connectivity index (χ1) is 12.3. The molecule has 3 N–H and O–H groups in total. The van der Waals surface area contributed by atoms with Crippen molar-refractivity contribution in [1.82, 2.24) is 20.2 Å². The lowest BCUT2D eigenvalue weighted by atomic mass is 10.1. The third-order valence-electron chi connectivity index (χ3n) is 4.05. The number of hydrogen-bond acceptors (Lipinski definition) is 4. The zero-order valence-electron chi connectivity index (χ0n) is 13.6. The Labute approximate surface area is 145 Å². The molecule has 0 unspecified atom stereocenters. The maximum Gasteiger partial charge on any atom is 0.181 e. The topological polar surface area (TPSA) is 80.5 Å². The largest absolute Gasteiger partial charge is 0.326 e. The number of pyridine rings is 1. The lowest BCUT2D eigenvalue weighted by Gasteiger charge is -2.01. The third-order valence-corrected chi connectivity index (χ3v) is 4.05. The van der Waals surface area contributed by atoms with Crippen LogP contribution in [0, 0.1) is 0 Å². The van der Waals surface area contributed by atoms with Crippen LogP contribution in [-0.4, -0.2) is 20.2 Å². The zero-order chi connectivity index (χ0) is 17.1. The maximum atomic E-state index is 5.63. The number of aromatic nitrogens is 4. The van der Waals surface area contributed by atoms with Crippen LogP contribution in [0.5, 0.6) is 0 Å². The second-order valence-electron chi connectivity index (χ2n) is 5.70. The normalized spacial score (nSPS) is 10.8. The Morgan fingerprint density at radius 2 is 1.52 bits per heavy atom. The second-order valence-corrected chi connectivity index (χ2v) is 5.70. The SMILES string of the molecule is NCc1ccc(-c2nc(-c3ccc(-c4ccccn4)cc3)n[nH]2)cc1. The smallest absolute Gasteiger partial charge is 0.181 e. The summed E-state index contributed by atoms with van der Waals surface area (Å²) in [5.41, 5.74) is 10.7. The number of nitrogens with zero attached hydrogens (tertiary/aromatic N) is 3. The van der Waals surface area contributed by atoms with Crippen molar-refractivity contribution in [2.45, 2.75) is 6.54 Å². The van der Waals surface area contributed by atoms with Crippen LogP contribution in [0.1, 0.15) is 5.56 Å². The van der Waals surface area contributed by atoms with E-state index in [1.165, 1.54) is 0 Å². The van der Waals surface area contributed by atoms with Crippen LogP contribution in [0.15, 0.2) is 72.9 Å². The van der Waals surface area contributed by atoms with Gasteiger partial charge in [-0.2, -0.15) is 5.10 Å². The van der Waals surface area contributed by atoms with E-state index in [9.17, 15) is 0 Å². The Morgan fingerprint density at radius 1 is 0.800 bits per heavy atom. The highest BCUT2D eigenvalue weighted by Crippen LogP contribution is 2.23. The van der Waals surface area contributed by atoms with Crippen LogP contribution in [0.25, 0.3) is 34.0 Å². The van der Waals surface area contributed by atoms with E-state index in [-0.39, 0.29) is 0 Å². The van der Waals surface area contributed by atoms with Gasteiger partial charge in [0.05, 0.1) is 5.69 Å². The maximum absolute atomic E-state index is 5.63. The van der Waals surface area contributed by atoms with E-state index in [0.29, 0.717) is 12.4 Å². The fourth-order valence-electron chi connectivity index (χ4n) is 2.64. The van der Waals surface area contributed by atoms with Gasteiger partial charge in [0.25, 0.3) is 0 Å². The summed E-state index contributed by atoms with van der Waals surface area (Å²) in [5.74, 6) is 1.41. The van der Waals surface area contributed by atoms with Crippen LogP contribution < -0.4 is 5.73 Å². The Morgan fingerprint density at radius 3 is 2.20 bits per heavy atom. The molecule has 4 rings (SSSR count). The molecule has 2 aromatic heterocycles. The molecule has 5 heteroatoms. The molecule has 0 bridgehead atoms. The number of nitrogens with two attached hydrogens (primary N) is 1. The second kappa shape index (κ2) is 6.67. The van der Waals surface area contributed by atoms with Crippen LogP contribution >= 0.6 is 0 Å². The summed E-state index contributed by atoms with van der Waals surface area (Å²) in [5, 5.41) is 7.33. The average Bonchev–Trinajstić information content (AvgIpc) is 3.19. The minimum atomic E-state index is 0.532. The van der Waals surface area contributed by atoms with Crippen LogP contribution in [0.3, 0.4) is 0 Å². The molecule has 0 fully saturated rings. The highest BCUT2D eigenvalue weighted by molar-refractivity contribution is 5.66. The molecule has 4 aromatic rings. The van der Waals surface area contributed by atoms with Crippen molar-refractivity contribution in [2.75, 3.05) is 0 Å². The summed E-state index contributed by atoms with van der Waals surface area (Å²) < 4.78 is 0. The van der Waals surface area contributed by atoms with Crippen molar-refractivity contribution in [3.05, 3.63) is 78.5 Å². The van der Waals surface area contributed by atoms with Crippen molar-refractivity contribution in [2.24, 2.45) is 5.73 Å². The summed E-state index contributed by atoms with van der Waals surface area (Å²) >= 11 is 0. The van der Waals surface area contributed by atoms with Gasteiger partial charge in [-0.1, -0.05) is 54.6 Å². The van der Waals surface area contributed by atoms with Crippen molar-refractivity contribution in [1.29, 1.82) is 0 Å². The molecule has 0 saturated carbocycles. The number of rotatable bonds is 4. The molecule has 0 aliphatic carbocycles. The molecule has 0 saturated heterocycles. The molecule has 0 spiro atoms. The van der Waals surface area contributed by atoms with Gasteiger partial charge >= 0.3 is 0 Å². The van der Waals surface area contributed by atoms with Gasteiger partial charge < -0.3 is 5.73 Å². The van der Waals surface area contributed by atoms with Gasteiger partial charge in [0.2, 0.25) is 0 Å². The standard InChI is InChI=1S/C20H17N5/c21-13-14-4-6-16(7-5-14)19-23-20(25-24-19)17-10-8-15(9-11-17)18-3-1-2-12-22-18/h1-12H,13,21H2,(H,23,24,25). The molecule has 0 aliphatic heterocycles. The molecule has 25 heavy (non-hydrogen) atoms. The zero-order valence-corrected chi connectivity index (χ0v) is 13.6. The number of H-pyrrole nitrogens is 1. The average molecular weight is 327 g/mol. The molecule has 0 atom stereocenters. The molecule has 0 aliphatic rings. The molecule has 0 radical (unpaired) electrons. The quantitative estimate of drug-likeness (QED) is 0.599. The summed E-state index contributed by atoms with van der Waals surface area (Å²) in [6, 6.07) is 22.0. The number of benzene rings is 2. The van der Waals surface area contributed by atoms with E-state index in [1.54, 1.807) is 6.20 Å². The van der Waals surface area contributed by atoms with Crippen LogP contribution in [0.2, 0.25) is 0 Å². The monoisotopic (exact) mass is 327 g/mol. The van der Waals surface area contributed by atoms with E-state index < -0.39 is 0 Å². The molecule has 2 aromatic carbocycles. The molecule has 2 heterocycles. The lowest BCUT2D eigenvalue weighted by Crippen LogP contribution is -1.95. The molecular weight excluding hydrogens is 310 g/mol. The predicted molar refractivity (Wildman–Crippen MR) is 98.4 cm³/mol. The minimum Gasteiger partial charge on any atom is -0.326 e. The van der Waals surface area contributed by atoms with Crippen molar-refractivity contribution >= 4 is 0 Å². The van der Waals surface area contributed by atoms with Gasteiger partial charge in [-0.15, -0.1) is 0 Å². The van der Waals surface area contributed by atoms with Crippen molar-refractivity contribution in [3.63, 3.8) is 0 Å². The summed E-state index contributed by atoms with van der Waals surface area (Å²) in [4.78, 5) is 8.96. The first-order valence-electron chi connectivity index (χ1n) is 8.07. The van der Waals surface area contributed by atoms with Crippen molar-refractivity contribution in [3.8, 4) is 34.0 Å². The lowest BCUT2D eigenvalue weighted by molar-refractivity contribution is 1.07. The first-order valence-corrected chi connectivity index (χ1v) is 8.07. The fourth-order valence-corrected chi connectivity index (χ4v) is 2.64. The van der Waals surface area contributed by atoms with Gasteiger partial charge in [-0.05, 0) is 17.7 Å². The van der Waals surface area contributed by atoms with E-state index >= 15 is 0 Å². The third kappa shape index (κ3) is 3.18. The van der Waals surface area contributed by atoms with Crippen LogP contribution in [0.4, 0.5) is 0 Å². The molecule has 5 nitrogen and oxygen atoms in total. The van der Waals surface area contributed by atoms with Gasteiger partial charge in [0, 0.05) is 29.4 Å². The Bertz CT molecular complexity index is 957. The number of hydrogen-bond donors (Lipinski definition) is 2. The Balaban J connectivity index is 1.59. The summed E-state index contributed by atoms with van der Waals surface area (Å²) in [6.45, 7) is 0.532. The highest BCUT2D eigenvalue weighted by Gasteiger charge is 2.08. The van der Waals surface area contributed by atoms with Gasteiger partial charge in [0.1, 0.15) is 0 Å². The first kappa shape index (κ1) is 15.2. The van der Waals surface area contributed by atoms with E-state index in [1.807, 2.05) is 66.7 Å². The highest BCUT2D eigenvalue weighted by atomic mass is 15.2. The molecular formula is C20H17N5. The predicted octanol–water partition coefficient (Wildman–Crippen LogP) is 3.66. The Kier molecular flexibility index (Phi) is 4.06. The Hall–Kier alpha value is -3.31. The van der Waals surface area contributed by atoms with Crippen LogP contribution in [-0.2, 0) is 6.54 Å². The van der Waals surface area contributed by atoms with Gasteiger partial charge in [-0.25, -0.2) is 4.98 Å². The van der Waals surface area contributed by atoms with Gasteiger partial charge in [0.15, 0.2) is 11.6 Å². The fraction of sp³-hybridized carbons (Fsp3) is 0.0500. The minimum absolute atomic E-state index is 0.532. The molecule has 0 amide bonds. The van der Waals surface area contributed by atoms with E-state index in [4.69, 9.17) is 5.73 Å². The van der Waals surface area contributed by atoms with E-state index in [2.05, 4.69) is 20.2 Å². The van der Waals surface area contributed by atoms with E-state index in [0.717, 1.165) is 33.8 Å². The summed E-state index contributed by atoms with van der Waals surface area (Å²) in [7, 11) is 0. The number of nitrogens with one attached hydrogen (secondary N) is 1. The number of aromatic amines is 1. The molecule has 122 valence electrons. The summed E-state index contributed by atoms with van der Waals surface area (Å²) in [6.07, 6.45) is 1.79. The van der Waals surface area contributed by atoms with Gasteiger partial charge in [-0.3, -0.25) is 10.1 Å². The van der Waals surface area contributed by atoms with Crippen molar-refractivity contribution < 1.29 is 0 Å².